The van der Waals surface area contributed by atoms with Crippen LogP contribution in [0.2, 0.25) is 5.02 Å². The zero-order chi connectivity index (χ0) is 15.8. The van der Waals surface area contributed by atoms with Gasteiger partial charge in [0.05, 0.1) is 11.9 Å². The predicted molar refractivity (Wildman–Crippen MR) is 100 cm³/mol. The van der Waals surface area contributed by atoms with Crippen LogP contribution in [0.3, 0.4) is 0 Å². The second-order valence-electron chi connectivity index (χ2n) is 6.23. The van der Waals surface area contributed by atoms with E-state index in [4.69, 9.17) is 11.6 Å². The Bertz CT molecular complexity index is 738. The van der Waals surface area contributed by atoms with E-state index in [9.17, 15) is 5.11 Å². The van der Waals surface area contributed by atoms with Gasteiger partial charge in [0.2, 0.25) is 0 Å². The Morgan fingerprint density at radius 2 is 1.75 bits per heavy atom. The lowest BCUT2D eigenvalue weighted by molar-refractivity contribution is 0.471. The normalized spacial score (nSPS) is 16.7. The van der Waals surface area contributed by atoms with Crippen molar-refractivity contribution in [2.45, 2.75) is 25.7 Å². The fourth-order valence-corrected chi connectivity index (χ4v) is 3.85. The Balaban J connectivity index is 0.00000169. The van der Waals surface area contributed by atoms with Gasteiger partial charge < -0.3 is 10.4 Å². The van der Waals surface area contributed by atoms with E-state index in [1.54, 1.807) is 6.20 Å². The smallest absolute Gasteiger partial charge is 0.134 e. The molecule has 2 N–H and O–H groups in total. The number of aromatic nitrogens is 1. The fourth-order valence-electron chi connectivity index (χ4n) is 3.66. The molecule has 1 fully saturated rings. The molecule has 2 aliphatic rings. The van der Waals surface area contributed by atoms with Gasteiger partial charge in [-0.2, -0.15) is 0 Å². The maximum Gasteiger partial charge on any atom is 0.134 e. The lowest BCUT2D eigenvalue weighted by atomic mass is 9.89. The summed E-state index contributed by atoms with van der Waals surface area (Å²) < 4.78 is 0. The molecule has 1 aromatic carbocycles. The first kappa shape index (κ1) is 17.3. The molecule has 0 radical (unpaired) electrons. The van der Waals surface area contributed by atoms with Gasteiger partial charge in [-0.15, -0.1) is 12.4 Å². The number of benzene rings is 1. The third kappa shape index (κ3) is 3.16. The summed E-state index contributed by atoms with van der Waals surface area (Å²) in [7, 11) is 0. The number of rotatable bonds is 0. The van der Waals surface area contributed by atoms with Crippen molar-refractivity contribution in [2.75, 3.05) is 13.1 Å². The van der Waals surface area contributed by atoms with E-state index in [1.807, 2.05) is 12.1 Å². The van der Waals surface area contributed by atoms with E-state index >= 15 is 0 Å². The second-order valence-corrected chi connectivity index (χ2v) is 6.67. The van der Waals surface area contributed by atoms with E-state index in [0.29, 0.717) is 0 Å². The van der Waals surface area contributed by atoms with E-state index < -0.39 is 0 Å². The Kier molecular flexibility index (Phi) is 5.14. The Labute approximate surface area is 153 Å². The van der Waals surface area contributed by atoms with Crippen LogP contribution in [0.25, 0.3) is 5.57 Å². The Hall–Kier alpha value is -1.55. The minimum absolute atomic E-state index is 0. The topological polar surface area (TPSA) is 45.2 Å². The van der Waals surface area contributed by atoms with Gasteiger partial charge in [0.1, 0.15) is 5.75 Å². The van der Waals surface area contributed by atoms with Crippen LogP contribution in [0.5, 0.6) is 5.75 Å². The molecule has 126 valence electrons. The second kappa shape index (κ2) is 7.14. The highest BCUT2D eigenvalue weighted by molar-refractivity contribution is 6.30. The van der Waals surface area contributed by atoms with E-state index in [1.165, 1.54) is 22.3 Å². The third-order valence-corrected chi connectivity index (χ3v) is 4.99. The largest absolute Gasteiger partial charge is 0.506 e. The van der Waals surface area contributed by atoms with Crippen molar-refractivity contribution < 1.29 is 5.11 Å². The molecule has 1 saturated heterocycles. The van der Waals surface area contributed by atoms with Gasteiger partial charge in [0.15, 0.2) is 0 Å². The molecule has 0 spiro atoms. The predicted octanol–water partition coefficient (Wildman–Crippen LogP) is 4.15. The number of hydrogen-bond acceptors (Lipinski definition) is 3. The van der Waals surface area contributed by atoms with Crippen LogP contribution in [0.15, 0.2) is 36.0 Å². The number of halogens is 2. The number of nitrogens with one attached hydrogen (secondary N) is 1. The quantitative estimate of drug-likeness (QED) is 0.739. The van der Waals surface area contributed by atoms with Gasteiger partial charge in [0.25, 0.3) is 0 Å². The third-order valence-electron chi connectivity index (χ3n) is 4.75. The van der Waals surface area contributed by atoms with Crippen LogP contribution in [-0.2, 0) is 12.8 Å². The molecule has 0 bridgehead atoms. The van der Waals surface area contributed by atoms with Crippen molar-refractivity contribution in [1.82, 2.24) is 10.3 Å². The van der Waals surface area contributed by atoms with Gasteiger partial charge >= 0.3 is 0 Å². The van der Waals surface area contributed by atoms with Gasteiger partial charge in [-0.25, -0.2) is 0 Å². The number of piperidine rings is 1. The minimum atomic E-state index is 0. The maximum absolute atomic E-state index is 9.83. The summed E-state index contributed by atoms with van der Waals surface area (Å²) in [4.78, 5) is 4.60. The molecule has 4 rings (SSSR count). The van der Waals surface area contributed by atoms with E-state index in [0.717, 1.165) is 55.1 Å². The lowest BCUT2D eigenvalue weighted by Crippen LogP contribution is -2.24. The van der Waals surface area contributed by atoms with Gasteiger partial charge in [0, 0.05) is 10.6 Å². The summed E-state index contributed by atoms with van der Waals surface area (Å²) in [6.45, 7) is 2.02. The fraction of sp³-hybridized carbons (Fsp3) is 0.316. The first-order valence-electron chi connectivity index (χ1n) is 8.12. The molecule has 2 aromatic rings. The van der Waals surface area contributed by atoms with E-state index in [-0.39, 0.29) is 18.2 Å². The highest BCUT2D eigenvalue weighted by atomic mass is 35.5. The SMILES string of the molecule is Cl.Oc1cnc2c(c1)CCc1cc(Cl)ccc1C2=C1CCNCC1. The first-order chi connectivity index (χ1) is 11.2. The average Bonchev–Trinajstić information content (AvgIpc) is 2.72. The molecule has 0 amide bonds. The zero-order valence-electron chi connectivity index (χ0n) is 13.3. The molecule has 5 heteroatoms. The molecule has 0 atom stereocenters. The van der Waals surface area contributed by atoms with Crippen molar-refractivity contribution >= 4 is 29.6 Å². The number of aromatic hydroxyl groups is 1. The van der Waals surface area contributed by atoms with Crippen molar-refractivity contribution in [3.05, 3.63) is 63.4 Å². The molecule has 1 aromatic heterocycles. The molecule has 2 heterocycles. The Morgan fingerprint density at radius 1 is 1.00 bits per heavy atom. The van der Waals surface area contributed by atoms with Gasteiger partial charge in [-0.3, -0.25) is 4.98 Å². The summed E-state index contributed by atoms with van der Waals surface area (Å²) in [5.41, 5.74) is 7.39. The van der Waals surface area contributed by atoms with Crippen molar-refractivity contribution in [3.8, 4) is 5.75 Å². The van der Waals surface area contributed by atoms with E-state index in [2.05, 4.69) is 22.4 Å². The molecule has 0 saturated carbocycles. The van der Waals surface area contributed by atoms with Crippen molar-refractivity contribution in [1.29, 1.82) is 0 Å². The van der Waals surface area contributed by atoms with Crippen LogP contribution in [0.1, 0.15) is 35.2 Å². The summed E-state index contributed by atoms with van der Waals surface area (Å²) >= 11 is 6.22. The van der Waals surface area contributed by atoms with Crippen LogP contribution in [0, 0.1) is 0 Å². The molecular weight excluding hydrogens is 343 g/mol. The Morgan fingerprint density at radius 3 is 2.54 bits per heavy atom. The standard InChI is InChI=1S/C19H19ClN2O.ClH/c20-15-3-4-17-13(9-15)1-2-14-10-16(23)11-22-19(14)18(17)12-5-7-21-8-6-12;/h3-4,9-11,21,23H,1-2,5-8H2;1H. The number of aryl methyl sites for hydroxylation is 2. The monoisotopic (exact) mass is 362 g/mol. The highest BCUT2D eigenvalue weighted by Gasteiger charge is 2.23. The van der Waals surface area contributed by atoms with Gasteiger partial charge in [-0.05, 0) is 73.7 Å². The number of pyridine rings is 1. The number of hydrogen-bond donors (Lipinski definition) is 2. The van der Waals surface area contributed by atoms with Crippen LogP contribution in [-0.4, -0.2) is 23.2 Å². The van der Waals surface area contributed by atoms with Crippen LogP contribution < -0.4 is 5.32 Å². The minimum Gasteiger partial charge on any atom is -0.506 e. The molecule has 0 unspecified atom stereocenters. The number of nitrogens with zero attached hydrogens (tertiary/aromatic N) is 1. The van der Waals surface area contributed by atoms with Crippen LogP contribution >= 0.6 is 24.0 Å². The average molecular weight is 363 g/mol. The highest BCUT2D eigenvalue weighted by Crippen LogP contribution is 2.38. The molecule has 1 aliphatic heterocycles. The summed E-state index contributed by atoms with van der Waals surface area (Å²) in [5.74, 6) is 0.238. The summed E-state index contributed by atoms with van der Waals surface area (Å²) in [6.07, 6.45) is 5.43. The molecule has 1 aliphatic carbocycles. The summed E-state index contributed by atoms with van der Waals surface area (Å²) in [6, 6.07) is 8.03. The maximum atomic E-state index is 9.83. The first-order valence-corrected chi connectivity index (χ1v) is 8.50. The number of fused-ring (bicyclic) bond motifs is 2. The van der Waals surface area contributed by atoms with Gasteiger partial charge in [-0.1, -0.05) is 23.2 Å². The van der Waals surface area contributed by atoms with Crippen molar-refractivity contribution in [2.24, 2.45) is 0 Å². The van der Waals surface area contributed by atoms with Crippen molar-refractivity contribution in [3.63, 3.8) is 0 Å². The lowest BCUT2D eigenvalue weighted by Gasteiger charge is -2.21. The molecule has 3 nitrogen and oxygen atoms in total. The molecular formula is C19H20Cl2N2O. The van der Waals surface area contributed by atoms with Crippen LogP contribution in [0.4, 0.5) is 0 Å². The molecule has 24 heavy (non-hydrogen) atoms. The summed E-state index contributed by atoms with van der Waals surface area (Å²) in [5, 5.41) is 14.0. The zero-order valence-corrected chi connectivity index (χ0v) is 14.9.